The molecule has 5 nitrogen and oxygen atoms in total. The van der Waals surface area contributed by atoms with Gasteiger partial charge in [0.05, 0.1) is 5.56 Å². The summed E-state index contributed by atoms with van der Waals surface area (Å²) in [7, 11) is 0. The molecule has 1 amide bonds. The number of nitrogens with zero attached hydrogens (tertiary/aromatic N) is 2. The molecule has 114 valence electrons. The molecule has 1 aromatic rings. The number of benzene rings is 1. The Morgan fingerprint density at radius 1 is 1.33 bits per heavy atom. The molecule has 1 N–H and O–H groups in total. The van der Waals surface area contributed by atoms with E-state index >= 15 is 0 Å². The first-order chi connectivity index (χ1) is 10.3. The van der Waals surface area contributed by atoms with Gasteiger partial charge in [-0.25, -0.2) is 0 Å². The number of carbonyl (C=O) groups is 1. The average Bonchev–Trinajstić information content (AvgIpc) is 2.55. The van der Waals surface area contributed by atoms with Crippen molar-refractivity contribution in [3.8, 4) is 5.75 Å². The largest absolute Gasteiger partial charge is 0.483 e. The molecule has 0 radical (unpaired) electrons. The minimum atomic E-state index is 0.00773. The number of likely N-dealkylation sites (N-methyl/N-ethyl adjacent to an activating group) is 1. The van der Waals surface area contributed by atoms with Gasteiger partial charge >= 0.3 is 0 Å². The number of nitrogens with one attached hydrogen (secondary N) is 1. The second kappa shape index (κ2) is 7.67. The summed E-state index contributed by atoms with van der Waals surface area (Å²) in [5, 5.41) is 3.28. The first-order valence-electron chi connectivity index (χ1n) is 7.54. The molecule has 1 aliphatic heterocycles. The van der Waals surface area contributed by atoms with E-state index in [-0.39, 0.29) is 12.5 Å². The van der Waals surface area contributed by atoms with Gasteiger partial charge in [-0.2, -0.15) is 0 Å². The van der Waals surface area contributed by atoms with Gasteiger partial charge in [0.15, 0.2) is 6.61 Å². The van der Waals surface area contributed by atoms with Crippen LogP contribution in [-0.2, 0) is 4.79 Å². The number of hydrogen-bond donors (Lipinski definition) is 1. The maximum absolute atomic E-state index is 12.0. The minimum absolute atomic E-state index is 0.00773. The van der Waals surface area contributed by atoms with E-state index < -0.39 is 0 Å². The van der Waals surface area contributed by atoms with Crippen LogP contribution in [0, 0.1) is 0 Å². The van der Waals surface area contributed by atoms with Crippen LogP contribution in [0.1, 0.15) is 25.8 Å². The van der Waals surface area contributed by atoms with Crippen LogP contribution in [0.5, 0.6) is 5.75 Å². The van der Waals surface area contributed by atoms with Crippen LogP contribution in [-0.4, -0.2) is 49.4 Å². The number of ether oxygens (including phenoxy) is 1. The topological polar surface area (TPSA) is 53.9 Å². The van der Waals surface area contributed by atoms with Gasteiger partial charge in [-0.1, -0.05) is 12.1 Å². The van der Waals surface area contributed by atoms with E-state index in [1.807, 2.05) is 38.1 Å². The number of rotatable bonds is 6. The lowest BCUT2D eigenvalue weighted by Crippen LogP contribution is -2.35. The summed E-state index contributed by atoms with van der Waals surface area (Å²) in [5.74, 6) is 1.56. The fourth-order valence-corrected chi connectivity index (χ4v) is 2.31. The zero-order chi connectivity index (χ0) is 15.1. The van der Waals surface area contributed by atoms with Crippen molar-refractivity contribution in [2.45, 2.75) is 20.3 Å². The van der Waals surface area contributed by atoms with E-state index in [2.05, 4.69) is 10.3 Å². The highest BCUT2D eigenvalue weighted by atomic mass is 16.5. The van der Waals surface area contributed by atoms with Crippen LogP contribution in [0.25, 0.3) is 0 Å². The summed E-state index contributed by atoms with van der Waals surface area (Å²) in [6.07, 6.45) is 1.05. The third-order valence-electron chi connectivity index (χ3n) is 3.51. The first-order valence-corrected chi connectivity index (χ1v) is 7.54. The lowest BCUT2D eigenvalue weighted by atomic mass is 10.1. The van der Waals surface area contributed by atoms with Crippen molar-refractivity contribution in [3.05, 3.63) is 29.8 Å². The normalized spacial score (nSPS) is 14.1. The highest BCUT2D eigenvalue weighted by Crippen LogP contribution is 2.19. The Bertz CT molecular complexity index is 510. The van der Waals surface area contributed by atoms with Crippen molar-refractivity contribution < 1.29 is 9.53 Å². The quantitative estimate of drug-likeness (QED) is 0.867. The van der Waals surface area contributed by atoms with Gasteiger partial charge in [-0.05, 0) is 32.4 Å². The fourth-order valence-electron chi connectivity index (χ4n) is 2.31. The standard InChI is InChI=1S/C16H23N3O2/c1-3-19(4-2)15(20)12-21-14-9-6-5-8-13(14)16-17-10-7-11-18-16/h5-6,8-9H,3-4,7,10-12H2,1-2H3,(H,17,18). The van der Waals surface area contributed by atoms with Gasteiger partial charge in [0.2, 0.25) is 0 Å². The Labute approximate surface area is 126 Å². The Morgan fingerprint density at radius 2 is 2.10 bits per heavy atom. The summed E-state index contributed by atoms with van der Waals surface area (Å²) >= 11 is 0. The summed E-state index contributed by atoms with van der Waals surface area (Å²) in [4.78, 5) is 18.3. The van der Waals surface area contributed by atoms with E-state index in [1.54, 1.807) is 4.90 Å². The molecule has 1 heterocycles. The number of hydrogen-bond acceptors (Lipinski definition) is 4. The third kappa shape index (κ3) is 3.97. The summed E-state index contributed by atoms with van der Waals surface area (Å²) in [5.41, 5.74) is 0.921. The Kier molecular flexibility index (Phi) is 5.60. The number of aliphatic imine (C=N–C) groups is 1. The Morgan fingerprint density at radius 3 is 2.76 bits per heavy atom. The molecule has 0 saturated heterocycles. The van der Waals surface area contributed by atoms with Crippen LogP contribution in [0.2, 0.25) is 0 Å². The summed E-state index contributed by atoms with van der Waals surface area (Å²) in [6.45, 7) is 7.15. The zero-order valence-electron chi connectivity index (χ0n) is 12.8. The van der Waals surface area contributed by atoms with Crippen LogP contribution >= 0.6 is 0 Å². The van der Waals surface area contributed by atoms with E-state index in [0.29, 0.717) is 18.8 Å². The number of para-hydroxylation sites is 1. The average molecular weight is 289 g/mol. The minimum Gasteiger partial charge on any atom is -0.483 e. The van der Waals surface area contributed by atoms with Gasteiger partial charge in [-0.3, -0.25) is 9.79 Å². The first kappa shape index (κ1) is 15.4. The van der Waals surface area contributed by atoms with Crippen LogP contribution < -0.4 is 10.1 Å². The molecule has 0 aliphatic carbocycles. The predicted octanol–water partition coefficient (Wildman–Crippen LogP) is 1.67. The number of amides is 1. The molecule has 2 rings (SSSR count). The van der Waals surface area contributed by atoms with Gasteiger partial charge in [0.25, 0.3) is 5.91 Å². The Hall–Kier alpha value is -2.04. The fraction of sp³-hybridized carbons (Fsp3) is 0.500. The van der Waals surface area contributed by atoms with Crippen LogP contribution in [0.4, 0.5) is 0 Å². The molecule has 21 heavy (non-hydrogen) atoms. The number of carbonyl (C=O) groups excluding carboxylic acids is 1. The second-order valence-electron chi connectivity index (χ2n) is 4.86. The molecule has 0 fully saturated rings. The van der Waals surface area contributed by atoms with Crippen molar-refractivity contribution in [1.29, 1.82) is 0 Å². The lowest BCUT2D eigenvalue weighted by molar-refractivity contribution is -0.132. The lowest BCUT2D eigenvalue weighted by Gasteiger charge is -2.20. The predicted molar refractivity (Wildman–Crippen MR) is 83.9 cm³/mol. The molecule has 0 spiro atoms. The maximum atomic E-state index is 12.0. The molecule has 0 saturated carbocycles. The number of amidine groups is 1. The van der Waals surface area contributed by atoms with Crippen molar-refractivity contribution in [1.82, 2.24) is 10.2 Å². The van der Waals surface area contributed by atoms with E-state index in [4.69, 9.17) is 4.74 Å². The highest BCUT2D eigenvalue weighted by Gasteiger charge is 2.15. The van der Waals surface area contributed by atoms with Crippen molar-refractivity contribution in [2.24, 2.45) is 4.99 Å². The highest BCUT2D eigenvalue weighted by molar-refractivity contribution is 6.01. The van der Waals surface area contributed by atoms with Gasteiger partial charge < -0.3 is 15.0 Å². The molecule has 1 aliphatic rings. The molecule has 1 aromatic carbocycles. The molecule has 0 bridgehead atoms. The van der Waals surface area contributed by atoms with E-state index in [1.165, 1.54) is 0 Å². The molecular formula is C16H23N3O2. The van der Waals surface area contributed by atoms with E-state index in [0.717, 1.165) is 30.9 Å². The molecule has 5 heteroatoms. The van der Waals surface area contributed by atoms with Gasteiger partial charge in [0.1, 0.15) is 11.6 Å². The van der Waals surface area contributed by atoms with Crippen LogP contribution in [0.15, 0.2) is 29.3 Å². The SMILES string of the molecule is CCN(CC)C(=O)COc1ccccc1C1=NCCCN1. The molecular weight excluding hydrogens is 266 g/mol. The van der Waals surface area contributed by atoms with Gasteiger partial charge in [0, 0.05) is 26.2 Å². The smallest absolute Gasteiger partial charge is 0.260 e. The zero-order valence-corrected chi connectivity index (χ0v) is 12.8. The van der Waals surface area contributed by atoms with Crippen LogP contribution in [0.3, 0.4) is 0 Å². The molecule has 0 unspecified atom stereocenters. The summed E-state index contributed by atoms with van der Waals surface area (Å²) in [6, 6.07) is 7.70. The monoisotopic (exact) mass is 289 g/mol. The van der Waals surface area contributed by atoms with Crippen molar-refractivity contribution in [2.75, 3.05) is 32.8 Å². The molecule has 0 atom stereocenters. The third-order valence-corrected chi connectivity index (χ3v) is 3.51. The maximum Gasteiger partial charge on any atom is 0.260 e. The Balaban J connectivity index is 2.07. The summed E-state index contributed by atoms with van der Waals surface area (Å²) < 4.78 is 5.72. The molecule has 0 aromatic heterocycles. The van der Waals surface area contributed by atoms with Gasteiger partial charge in [-0.15, -0.1) is 0 Å². The van der Waals surface area contributed by atoms with E-state index in [9.17, 15) is 4.79 Å². The second-order valence-corrected chi connectivity index (χ2v) is 4.86. The van der Waals surface area contributed by atoms with Crippen molar-refractivity contribution in [3.63, 3.8) is 0 Å². The van der Waals surface area contributed by atoms with Crippen molar-refractivity contribution >= 4 is 11.7 Å².